The Hall–Kier alpha value is -1.32. The second-order valence-corrected chi connectivity index (χ2v) is 5.31. The van der Waals surface area contributed by atoms with Crippen LogP contribution in [0.3, 0.4) is 0 Å². The molecule has 0 aliphatic heterocycles. The van der Waals surface area contributed by atoms with E-state index < -0.39 is 0 Å². The summed E-state index contributed by atoms with van der Waals surface area (Å²) >= 11 is 6.11. The summed E-state index contributed by atoms with van der Waals surface area (Å²) in [6, 6.07) is 6.45. The Balaban J connectivity index is 2.39. The molecule has 1 N–H and O–H groups in total. The van der Waals surface area contributed by atoms with E-state index in [1.165, 1.54) is 5.56 Å². The number of rotatable bonds is 5. The highest BCUT2D eigenvalue weighted by atomic mass is 35.5. The zero-order valence-corrected chi connectivity index (χ0v) is 12.4. The van der Waals surface area contributed by atoms with Gasteiger partial charge in [0.2, 0.25) is 0 Å². The van der Waals surface area contributed by atoms with Crippen molar-refractivity contribution in [2.24, 2.45) is 0 Å². The second-order valence-electron chi connectivity index (χ2n) is 4.88. The molecule has 2 aromatic rings. The van der Waals surface area contributed by atoms with Crippen LogP contribution in [0.2, 0.25) is 5.02 Å². The normalized spacial score (nSPS) is 11.2. The lowest BCUT2D eigenvalue weighted by Gasteiger charge is -2.15. The molecule has 0 aliphatic carbocycles. The van der Waals surface area contributed by atoms with Crippen LogP contribution in [-0.2, 0) is 13.0 Å². The van der Waals surface area contributed by atoms with Crippen LogP contribution in [0.25, 0.3) is 5.69 Å². The highest BCUT2D eigenvalue weighted by Gasteiger charge is 2.09. The smallest absolute Gasteiger partial charge is 0.112 e. The summed E-state index contributed by atoms with van der Waals surface area (Å²) in [7, 11) is 0. The summed E-state index contributed by atoms with van der Waals surface area (Å²) in [5, 5.41) is 4.20. The van der Waals surface area contributed by atoms with Gasteiger partial charge >= 0.3 is 0 Å². The van der Waals surface area contributed by atoms with Gasteiger partial charge in [0.1, 0.15) is 5.82 Å². The number of aryl methyl sites for hydroxylation is 1. The standard InChI is InChI=1S/C15H20ClN3/c1-4-15-17-7-8-19(15)14-6-5-13(16)9-12(14)10-18-11(2)3/h5-9,11,18H,4,10H2,1-3H3. The summed E-state index contributed by atoms with van der Waals surface area (Å²) in [6.07, 6.45) is 4.75. The van der Waals surface area contributed by atoms with E-state index in [2.05, 4.69) is 41.7 Å². The zero-order chi connectivity index (χ0) is 13.8. The van der Waals surface area contributed by atoms with Gasteiger partial charge in [-0.3, -0.25) is 0 Å². The molecule has 1 heterocycles. The first kappa shape index (κ1) is 14.1. The molecule has 0 aliphatic rings. The molecule has 0 radical (unpaired) electrons. The van der Waals surface area contributed by atoms with E-state index in [0.29, 0.717) is 6.04 Å². The van der Waals surface area contributed by atoms with Crippen molar-refractivity contribution < 1.29 is 0 Å². The first-order valence-electron chi connectivity index (χ1n) is 6.66. The van der Waals surface area contributed by atoms with Gasteiger partial charge in [0.05, 0.1) is 5.69 Å². The van der Waals surface area contributed by atoms with Crippen LogP contribution in [-0.4, -0.2) is 15.6 Å². The molecule has 102 valence electrons. The Morgan fingerprint density at radius 3 is 2.84 bits per heavy atom. The van der Waals surface area contributed by atoms with Crippen molar-refractivity contribution in [3.05, 3.63) is 47.0 Å². The van der Waals surface area contributed by atoms with Crippen LogP contribution >= 0.6 is 11.6 Å². The van der Waals surface area contributed by atoms with E-state index in [9.17, 15) is 0 Å². The maximum atomic E-state index is 6.11. The molecule has 4 heteroatoms. The summed E-state index contributed by atoms with van der Waals surface area (Å²) in [5.74, 6) is 1.06. The van der Waals surface area contributed by atoms with Crippen LogP contribution < -0.4 is 5.32 Å². The van der Waals surface area contributed by atoms with Crippen LogP contribution in [0.5, 0.6) is 0 Å². The van der Waals surface area contributed by atoms with E-state index in [1.807, 2.05) is 24.5 Å². The predicted molar refractivity (Wildman–Crippen MR) is 79.9 cm³/mol. The van der Waals surface area contributed by atoms with E-state index in [-0.39, 0.29) is 0 Å². The van der Waals surface area contributed by atoms with E-state index in [1.54, 1.807) is 0 Å². The van der Waals surface area contributed by atoms with Gasteiger partial charge in [0.15, 0.2) is 0 Å². The van der Waals surface area contributed by atoms with Gasteiger partial charge in [-0.05, 0) is 23.8 Å². The molecule has 0 fully saturated rings. The number of benzene rings is 1. The van der Waals surface area contributed by atoms with Crippen molar-refractivity contribution in [1.82, 2.24) is 14.9 Å². The molecule has 0 saturated carbocycles. The van der Waals surface area contributed by atoms with Crippen LogP contribution in [0.1, 0.15) is 32.2 Å². The number of nitrogens with one attached hydrogen (secondary N) is 1. The number of aromatic nitrogens is 2. The van der Waals surface area contributed by atoms with Crippen molar-refractivity contribution in [3.8, 4) is 5.69 Å². The molecule has 3 nitrogen and oxygen atoms in total. The van der Waals surface area contributed by atoms with E-state index >= 15 is 0 Å². The molecular formula is C15H20ClN3. The lowest BCUT2D eigenvalue weighted by Crippen LogP contribution is -2.22. The first-order chi connectivity index (χ1) is 9.11. The SMILES string of the molecule is CCc1nccn1-c1ccc(Cl)cc1CNC(C)C. The van der Waals surface area contributed by atoms with E-state index in [0.717, 1.165) is 29.5 Å². The topological polar surface area (TPSA) is 29.9 Å². The fraction of sp³-hybridized carbons (Fsp3) is 0.400. The Bertz CT molecular complexity index is 546. The molecule has 0 unspecified atom stereocenters. The molecule has 0 amide bonds. The summed E-state index contributed by atoms with van der Waals surface area (Å²) < 4.78 is 2.13. The Kier molecular flexibility index (Phi) is 4.61. The minimum Gasteiger partial charge on any atom is -0.310 e. The van der Waals surface area contributed by atoms with Gasteiger partial charge in [0.25, 0.3) is 0 Å². The molecule has 1 aromatic carbocycles. The molecule has 0 saturated heterocycles. The van der Waals surface area contributed by atoms with Crippen molar-refractivity contribution in [2.75, 3.05) is 0 Å². The third-order valence-electron chi connectivity index (χ3n) is 3.04. The number of hydrogen-bond donors (Lipinski definition) is 1. The Morgan fingerprint density at radius 1 is 1.37 bits per heavy atom. The summed E-state index contributed by atoms with van der Waals surface area (Å²) in [5.41, 5.74) is 2.33. The maximum absolute atomic E-state index is 6.11. The number of hydrogen-bond acceptors (Lipinski definition) is 2. The molecule has 19 heavy (non-hydrogen) atoms. The van der Waals surface area contributed by atoms with Crippen LogP contribution in [0.4, 0.5) is 0 Å². The van der Waals surface area contributed by atoms with Gasteiger partial charge in [-0.15, -0.1) is 0 Å². The predicted octanol–water partition coefficient (Wildman–Crippen LogP) is 3.59. The zero-order valence-electron chi connectivity index (χ0n) is 11.7. The lowest BCUT2D eigenvalue weighted by atomic mass is 10.1. The third kappa shape index (κ3) is 3.37. The number of imidazole rings is 1. The van der Waals surface area contributed by atoms with Crippen molar-refractivity contribution >= 4 is 11.6 Å². The van der Waals surface area contributed by atoms with Crippen molar-refractivity contribution in [3.63, 3.8) is 0 Å². The third-order valence-corrected chi connectivity index (χ3v) is 3.27. The fourth-order valence-electron chi connectivity index (χ4n) is 2.06. The Labute approximate surface area is 119 Å². The monoisotopic (exact) mass is 277 g/mol. The van der Waals surface area contributed by atoms with Gasteiger partial charge in [0, 0.05) is 36.4 Å². The van der Waals surface area contributed by atoms with Gasteiger partial charge < -0.3 is 9.88 Å². The molecule has 0 atom stereocenters. The average Bonchev–Trinajstić information content (AvgIpc) is 2.84. The molecule has 2 rings (SSSR count). The molecule has 1 aromatic heterocycles. The summed E-state index contributed by atoms with van der Waals surface area (Å²) in [4.78, 5) is 4.38. The quantitative estimate of drug-likeness (QED) is 0.905. The highest BCUT2D eigenvalue weighted by Crippen LogP contribution is 2.21. The molecule has 0 bridgehead atoms. The number of halogens is 1. The minimum atomic E-state index is 0.445. The maximum Gasteiger partial charge on any atom is 0.112 e. The lowest BCUT2D eigenvalue weighted by molar-refractivity contribution is 0.587. The largest absolute Gasteiger partial charge is 0.310 e. The van der Waals surface area contributed by atoms with Gasteiger partial charge in [-0.2, -0.15) is 0 Å². The summed E-state index contributed by atoms with van der Waals surface area (Å²) in [6.45, 7) is 7.19. The average molecular weight is 278 g/mol. The fourth-order valence-corrected chi connectivity index (χ4v) is 2.25. The highest BCUT2D eigenvalue weighted by molar-refractivity contribution is 6.30. The van der Waals surface area contributed by atoms with Crippen molar-refractivity contribution in [1.29, 1.82) is 0 Å². The van der Waals surface area contributed by atoms with Gasteiger partial charge in [-0.25, -0.2) is 4.98 Å². The van der Waals surface area contributed by atoms with Crippen molar-refractivity contribution in [2.45, 2.75) is 39.8 Å². The Morgan fingerprint density at radius 2 is 2.16 bits per heavy atom. The molecular weight excluding hydrogens is 258 g/mol. The minimum absolute atomic E-state index is 0.445. The van der Waals surface area contributed by atoms with Gasteiger partial charge in [-0.1, -0.05) is 32.4 Å². The molecule has 0 spiro atoms. The van der Waals surface area contributed by atoms with Crippen LogP contribution in [0, 0.1) is 0 Å². The number of nitrogens with zero attached hydrogens (tertiary/aromatic N) is 2. The van der Waals surface area contributed by atoms with Crippen LogP contribution in [0.15, 0.2) is 30.6 Å². The van der Waals surface area contributed by atoms with E-state index in [4.69, 9.17) is 11.6 Å². The second kappa shape index (κ2) is 6.22. The first-order valence-corrected chi connectivity index (χ1v) is 7.04.